The van der Waals surface area contributed by atoms with E-state index in [1.54, 1.807) is 12.3 Å². The van der Waals surface area contributed by atoms with Gasteiger partial charge in [0.1, 0.15) is 11.3 Å². The number of aromatic carboxylic acids is 1. The zero-order valence-electron chi connectivity index (χ0n) is 11.0. The molecule has 0 bridgehead atoms. The molecule has 0 aliphatic carbocycles. The average molecular weight is 261 g/mol. The highest BCUT2D eigenvalue weighted by atomic mass is 16.5. The van der Waals surface area contributed by atoms with Crippen LogP contribution in [0, 0.1) is 13.8 Å². The number of rotatable bonds is 4. The van der Waals surface area contributed by atoms with Crippen LogP contribution < -0.4 is 5.32 Å². The summed E-state index contributed by atoms with van der Waals surface area (Å²) in [6.07, 6.45) is 2.87. The Morgan fingerprint density at radius 1 is 1.47 bits per heavy atom. The Kier molecular flexibility index (Phi) is 3.50. The van der Waals surface area contributed by atoms with Gasteiger partial charge in [-0.1, -0.05) is 5.16 Å². The van der Waals surface area contributed by atoms with E-state index < -0.39 is 5.97 Å². The summed E-state index contributed by atoms with van der Waals surface area (Å²) in [6.45, 7) is 5.62. The number of hydrogen-bond acceptors (Lipinski definition) is 5. The van der Waals surface area contributed by atoms with Crippen molar-refractivity contribution in [1.82, 2.24) is 10.1 Å². The molecule has 0 saturated carbocycles. The molecule has 0 amide bonds. The van der Waals surface area contributed by atoms with Crippen LogP contribution in [-0.2, 0) is 0 Å². The summed E-state index contributed by atoms with van der Waals surface area (Å²) >= 11 is 0. The summed E-state index contributed by atoms with van der Waals surface area (Å²) in [6, 6.07) is 1.53. The maximum atomic E-state index is 11.1. The molecule has 0 aliphatic rings. The van der Waals surface area contributed by atoms with Gasteiger partial charge in [-0.2, -0.15) is 0 Å². The Balaban J connectivity index is 2.29. The summed E-state index contributed by atoms with van der Waals surface area (Å²) < 4.78 is 5.11. The van der Waals surface area contributed by atoms with E-state index in [9.17, 15) is 4.79 Å². The van der Waals surface area contributed by atoms with E-state index in [2.05, 4.69) is 15.5 Å². The third kappa shape index (κ3) is 2.57. The number of aryl methyl sites for hydroxylation is 2. The van der Waals surface area contributed by atoms with Crippen molar-refractivity contribution in [3.8, 4) is 0 Å². The van der Waals surface area contributed by atoms with Crippen molar-refractivity contribution in [2.45, 2.75) is 26.8 Å². The first-order valence-corrected chi connectivity index (χ1v) is 5.87. The lowest BCUT2D eigenvalue weighted by atomic mass is 10.1. The second-order valence-electron chi connectivity index (χ2n) is 4.33. The molecule has 6 nitrogen and oxygen atoms in total. The van der Waals surface area contributed by atoms with Crippen LogP contribution in [0.2, 0.25) is 0 Å². The summed E-state index contributed by atoms with van der Waals surface area (Å²) in [5, 5.41) is 16.2. The summed E-state index contributed by atoms with van der Waals surface area (Å²) in [5.74, 6) is -0.287. The summed E-state index contributed by atoms with van der Waals surface area (Å²) in [4.78, 5) is 14.9. The van der Waals surface area contributed by atoms with Crippen molar-refractivity contribution in [2.24, 2.45) is 0 Å². The second kappa shape index (κ2) is 5.09. The van der Waals surface area contributed by atoms with Gasteiger partial charge in [0.2, 0.25) is 0 Å². The zero-order valence-corrected chi connectivity index (χ0v) is 11.0. The van der Waals surface area contributed by atoms with Gasteiger partial charge in [-0.05, 0) is 26.8 Å². The smallest absolute Gasteiger partial charge is 0.339 e. The molecule has 6 heteroatoms. The second-order valence-corrected chi connectivity index (χ2v) is 4.33. The van der Waals surface area contributed by atoms with Gasteiger partial charge in [0.05, 0.1) is 17.4 Å². The molecule has 2 N–H and O–H groups in total. The van der Waals surface area contributed by atoms with Crippen LogP contribution in [0.4, 0.5) is 5.69 Å². The minimum absolute atomic E-state index is 0.105. The quantitative estimate of drug-likeness (QED) is 0.879. The van der Waals surface area contributed by atoms with E-state index >= 15 is 0 Å². The molecule has 2 heterocycles. The number of pyridine rings is 1. The van der Waals surface area contributed by atoms with Gasteiger partial charge in [0.15, 0.2) is 0 Å². The Morgan fingerprint density at radius 2 is 2.21 bits per heavy atom. The van der Waals surface area contributed by atoms with Gasteiger partial charge >= 0.3 is 5.97 Å². The summed E-state index contributed by atoms with van der Waals surface area (Å²) in [5.41, 5.74) is 2.40. The maximum absolute atomic E-state index is 11.1. The lowest BCUT2D eigenvalue weighted by Crippen LogP contribution is -2.12. The van der Waals surface area contributed by atoms with E-state index in [0.29, 0.717) is 5.69 Å². The van der Waals surface area contributed by atoms with Crippen LogP contribution >= 0.6 is 0 Å². The fraction of sp³-hybridized carbons (Fsp3) is 0.308. The lowest BCUT2D eigenvalue weighted by Gasteiger charge is -2.16. The molecule has 0 saturated heterocycles. The molecule has 0 aromatic carbocycles. The van der Waals surface area contributed by atoms with E-state index in [4.69, 9.17) is 9.63 Å². The molecule has 2 rings (SSSR count). The lowest BCUT2D eigenvalue weighted by molar-refractivity contribution is 0.0697. The molecule has 19 heavy (non-hydrogen) atoms. The highest BCUT2D eigenvalue weighted by molar-refractivity contribution is 5.93. The highest BCUT2D eigenvalue weighted by Gasteiger charge is 2.18. The normalized spacial score (nSPS) is 12.2. The van der Waals surface area contributed by atoms with Gasteiger partial charge < -0.3 is 14.9 Å². The SMILES string of the molecule is Cc1noc(C)c1C(C)Nc1ccncc1C(=O)O. The number of nitrogens with zero attached hydrogens (tertiary/aromatic N) is 2. The van der Waals surface area contributed by atoms with Crippen LogP contribution in [0.5, 0.6) is 0 Å². The van der Waals surface area contributed by atoms with Gasteiger partial charge in [-0.15, -0.1) is 0 Å². The molecule has 0 fully saturated rings. The Bertz CT molecular complexity index is 587. The van der Waals surface area contributed by atoms with E-state index in [0.717, 1.165) is 17.0 Å². The monoisotopic (exact) mass is 261 g/mol. The Morgan fingerprint density at radius 3 is 2.79 bits per heavy atom. The minimum atomic E-state index is -1.01. The van der Waals surface area contributed by atoms with E-state index in [1.165, 1.54) is 6.20 Å². The molecule has 1 unspecified atom stereocenters. The van der Waals surface area contributed by atoms with E-state index in [1.807, 2.05) is 20.8 Å². The van der Waals surface area contributed by atoms with Gasteiger partial charge in [-0.25, -0.2) is 4.79 Å². The van der Waals surface area contributed by atoms with Crippen molar-refractivity contribution in [2.75, 3.05) is 5.32 Å². The number of aromatic nitrogens is 2. The molecular weight excluding hydrogens is 246 g/mol. The Labute approximate surface area is 110 Å². The Hall–Kier alpha value is -2.37. The number of carboxylic acid groups (broad SMARTS) is 1. The van der Waals surface area contributed by atoms with E-state index in [-0.39, 0.29) is 11.6 Å². The fourth-order valence-corrected chi connectivity index (χ4v) is 2.10. The van der Waals surface area contributed by atoms with Crippen molar-refractivity contribution in [3.05, 3.63) is 41.0 Å². The fourth-order valence-electron chi connectivity index (χ4n) is 2.10. The maximum Gasteiger partial charge on any atom is 0.339 e. The van der Waals surface area contributed by atoms with Crippen LogP contribution in [0.1, 0.15) is 40.3 Å². The van der Waals surface area contributed by atoms with Crippen molar-refractivity contribution >= 4 is 11.7 Å². The molecule has 1 atom stereocenters. The molecular formula is C13H15N3O3. The summed E-state index contributed by atoms with van der Waals surface area (Å²) in [7, 11) is 0. The van der Waals surface area contributed by atoms with Gasteiger partial charge in [0, 0.05) is 18.0 Å². The number of anilines is 1. The number of carbonyl (C=O) groups is 1. The first kappa shape index (κ1) is 13.1. The first-order chi connectivity index (χ1) is 9.00. The van der Waals surface area contributed by atoms with Crippen molar-refractivity contribution < 1.29 is 14.4 Å². The highest BCUT2D eigenvalue weighted by Crippen LogP contribution is 2.26. The molecule has 0 radical (unpaired) electrons. The minimum Gasteiger partial charge on any atom is -0.478 e. The third-order valence-corrected chi connectivity index (χ3v) is 2.95. The first-order valence-electron chi connectivity index (χ1n) is 5.87. The number of carboxylic acids is 1. The molecule has 0 aliphatic heterocycles. The molecule has 100 valence electrons. The van der Waals surface area contributed by atoms with Crippen LogP contribution in [-0.4, -0.2) is 21.2 Å². The standard InChI is InChI=1S/C13H15N3O3/c1-7(12-8(2)16-19-9(12)3)15-11-4-5-14-6-10(11)13(17)18/h4-7H,1-3H3,(H,14,15)(H,17,18). The van der Waals surface area contributed by atoms with Crippen LogP contribution in [0.25, 0.3) is 0 Å². The molecule has 0 spiro atoms. The third-order valence-electron chi connectivity index (χ3n) is 2.95. The predicted molar refractivity (Wildman–Crippen MR) is 69.2 cm³/mol. The zero-order chi connectivity index (χ0) is 14.0. The average Bonchev–Trinajstić information content (AvgIpc) is 2.69. The van der Waals surface area contributed by atoms with Gasteiger partial charge in [-0.3, -0.25) is 4.98 Å². The molecule has 2 aromatic heterocycles. The number of hydrogen-bond donors (Lipinski definition) is 2. The van der Waals surface area contributed by atoms with Crippen molar-refractivity contribution in [1.29, 1.82) is 0 Å². The topological polar surface area (TPSA) is 88.3 Å². The predicted octanol–water partition coefficient (Wildman–Crippen LogP) is 2.56. The number of nitrogens with one attached hydrogen (secondary N) is 1. The van der Waals surface area contributed by atoms with Crippen LogP contribution in [0.3, 0.4) is 0 Å². The molecule has 2 aromatic rings. The van der Waals surface area contributed by atoms with Gasteiger partial charge in [0.25, 0.3) is 0 Å². The largest absolute Gasteiger partial charge is 0.478 e. The van der Waals surface area contributed by atoms with Crippen molar-refractivity contribution in [3.63, 3.8) is 0 Å². The van der Waals surface area contributed by atoms with Crippen LogP contribution in [0.15, 0.2) is 23.0 Å².